The Kier molecular flexibility index (Phi) is 2.83. The van der Waals surface area contributed by atoms with Crippen molar-refractivity contribution in [1.29, 1.82) is 0 Å². The number of aromatic nitrogens is 2. The lowest BCUT2D eigenvalue weighted by molar-refractivity contribution is 1.17. The van der Waals surface area contributed by atoms with E-state index in [9.17, 15) is 0 Å². The maximum absolute atomic E-state index is 5.90. The molecule has 0 atom stereocenters. The van der Waals surface area contributed by atoms with Gasteiger partial charge in [-0.25, -0.2) is 9.97 Å². The third kappa shape index (κ3) is 2.25. The zero-order valence-corrected chi connectivity index (χ0v) is 8.99. The number of nitrogens with one attached hydrogen (secondary N) is 1. The quantitative estimate of drug-likeness (QED) is 0.844. The summed E-state index contributed by atoms with van der Waals surface area (Å²) >= 11 is 5.90. The van der Waals surface area contributed by atoms with Crippen LogP contribution in [0.1, 0.15) is 0 Å². The van der Waals surface area contributed by atoms with Gasteiger partial charge in [-0.3, -0.25) is 0 Å². The van der Waals surface area contributed by atoms with Gasteiger partial charge in [-0.05, 0) is 18.2 Å². The van der Waals surface area contributed by atoms with Crippen molar-refractivity contribution in [2.75, 3.05) is 12.4 Å². The van der Waals surface area contributed by atoms with Crippen molar-refractivity contribution in [3.63, 3.8) is 0 Å². The Morgan fingerprint density at radius 1 is 1.27 bits per heavy atom. The molecule has 0 spiro atoms. The molecule has 1 heterocycles. The molecule has 2 aromatic rings. The van der Waals surface area contributed by atoms with Crippen LogP contribution in [-0.4, -0.2) is 17.0 Å². The summed E-state index contributed by atoms with van der Waals surface area (Å²) in [6, 6.07) is 9.30. The van der Waals surface area contributed by atoms with Gasteiger partial charge in [0.05, 0.1) is 0 Å². The van der Waals surface area contributed by atoms with Gasteiger partial charge >= 0.3 is 0 Å². The van der Waals surface area contributed by atoms with Gasteiger partial charge in [-0.2, -0.15) is 0 Å². The van der Waals surface area contributed by atoms with Crippen LogP contribution >= 0.6 is 11.6 Å². The van der Waals surface area contributed by atoms with E-state index >= 15 is 0 Å². The minimum absolute atomic E-state index is 0.671. The molecule has 0 saturated heterocycles. The van der Waals surface area contributed by atoms with Crippen LogP contribution in [0, 0.1) is 0 Å². The Hall–Kier alpha value is -1.61. The highest BCUT2D eigenvalue weighted by Crippen LogP contribution is 2.19. The van der Waals surface area contributed by atoms with Gasteiger partial charge in [0.15, 0.2) is 5.82 Å². The summed E-state index contributed by atoms with van der Waals surface area (Å²) in [5.41, 5.74) is 0.916. The maximum atomic E-state index is 5.90. The lowest BCUT2D eigenvalue weighted by Crippen LogP contribution is -1.95. The number of anilines is 1. The van der Waals surface area contributed by atoms with Crippen LogP contribution in [0.5, 0.6) is 0 Å². The Bertz CT molecular complexity index is 471. The summed E-state index contributed by atoms with van der Waals surface area (Å²) in [6.07, 6.45) is 1.72. The highest BCUT2D eigenvalue weighted by Gasteiger charge is 2.01. The first-order valence-corrected chi connectivity index (χ1v) is 4.94. The summed E-state index contributed by atoms with van der Waals surface area (Å²) in [7, 11) is 1.82. The Labute approximate surface area is 93.1 Å². The molecule has 0 amide bonds. The van der Waals surface area contributed by atoms with Gasteiger partial charge in [-0.15, -0.1) is 0 Å². The molecule has 4 heteroatoms. The summed E-state index contributed by atoms with van der Waals surface area (Å²) < 4.78 is 0. The van der Waals surface area contributed by atoms with Crippen LogP contribution in [0.2, 0.25) is 5.02 Å². The molecule has 0 aliphatic rings. The number of benzene rings is 1. The molecule has 0 aliphatic heterocycles. The topological polar surface area (TPSA) is 37.8 Å². The van der Waals surface area contributed by atoms with Gasteiger partial charge in [0.25, 0.3) is 0 Å². The van der Waals surface area contributed by atoms with Gasteiger partial charge in [0.1, 0.15) is 5.82 Å². The Morgan fingerprint density at radius 3 is 2.87 bits per heavy atom. The van der Waals surface area contributed by atoms with E-state index in [1.54, 1.807) is 6.20 Å². The van der Waals surface area contributed by atoms with Gasteiger partial charge in [-0.1, -0.05) is 23.7 Å². The minimum atomic E-state index is 0.671. The van der Waals surface area contributed by atoms with E-state index in [0.717, 1.165) is 11.4 Å². The third-order valence-electron chi connectivity index (χ3n) is 1.99. The predicted molar refractivity (Wildman–Crippen MR) is 62.0 cm³/mol. The van der Waals surface area contributed by atoms with Crippen LogP contribution in [0.15, 0.2) is 36.5 Å². The van der Waals surface area contributed by atoms with E-state index in [-0.39, 0.29) is 0 Å². The zero-order valence-electron chi connectivity index (χ0n) is 8.24. The highest BCUT2D eigenvalue weighted by atomic mass is 35.5. The van der Waals surface area contributed by atoms with E-state index < -0.39 is 0 Å². The molecule has 15 heavy (non-hydrogen) atoms. The fraction of sp³-hybridized carbons (Fsp3) is 0.0909. The lowest BCUT2D eigenvalue weighted by atomic mass is 10.2. The molecular formula is C11H10ClN3. The molecule has 2 rings (SSSR count). The first-order valence-electron chi connectivity index (χ1n) is 4.56. The molecule has 0 bridgehead atoms. The molecule has 1 N–H and O–H groups in total. The molecule has 0 unspecified atom stereocenters. The first-order chi connectivity index (χ1) is 7.29. The number of hydrogen-bond acceptors (Lipinski definition) is 3. The first kappa shape index (κ1) is 9.93. The second kappa shape index (κ2) is 4.28. The number of nitrogens with zero attached hydrogens (tertiary/aromatic N) is 2. The average molecular weight is 220 g/mol. The van der Waals surface area contributed by atoms with Crippen LogP contribution in [-0.2, 0) is 0 Å². The summed E-state index contributed by atoms with van der Waals surface area (Å²) in [6.45, 7) is 0. The molecular weight excluding hydrogens is 210 g/mol. The maximum Gasteiger partial charge on any atom is 0.161 e. The smallest absolute Gasteiger partial charge is 0.161 e. The van der Waals surface area contributed by atoms with Crippen LogP contribution < -0.4 is 5.32 Å². The van der Waals surface area contributed by atoms with Crippen molar-refractivity contribution in [2.24, 2.45) is 0 Å². The summed E-state index contributed by atoms with van der Waals surface area (Å²) in [5, 5.41) is 3.65. The Balaban J connectivity index is 2.44. The number of rotatable bonds is 2. The number of hydrogen-bond donors (Lipinski definition) is 1. The molecule has 0 radical (unpaired) electrons. The number of halogens is 1. The van der Waals surface area contributed by atoms with E-state index in [0.29, 0.717) is 10.8 Å². The standard InChI is InChI=1S/C11H10ClN3/c1-13-10-5-6-14-11(15-10)8-3-2-4-9(12)7-8/h2-7H,1H3,(H,13,14,15). The van der Waals surface area contributed by atoms with E-state index in [2.05, 4.69) is 15.3 Å². The highest BCUT2D eigenvalue weighted by molar-refractivity contribution is 6.30. The Morgan fingerprint density at radius 2 is 2.13 bits per heavy atom. The molecule has 3 nitrogen and oxygen atoms in total. The van der Waals surface area contributed by atoms with Crippen molar-refractivity contribution in [3.05, 3.63) is 41.6 Å². The normalized spacial score (nSPS) is 10.0. The molecule has 1 aromatic carbocycles. The summed E-state index contributed by atoms with van der Waals surface area (Å²) in [4.78, 5) is 8.51. The van der Waals surface area contributed by atoms with E-state index in [4.69, 9.17) is 11.6 Å². The van der Waals surface area contributed by atoms with Gasteiger partial charge in [0.2, 0.25) is 0 Å². The van der Waals surface area contributed by atoms with Gasteiger partial charge < -0.3 is 5.32 Å². The second-order valence-electron chi connectivity index (χ2n) is 3.03. The molecule has 76 valence electrons. The SMILES string of the molecule is CNc1ccnc(-c2cccc(Cl)c2)n1. The van der Waals surface area contributed by atoms with Crippen molar-refractivity contribution in [2.45, 2.75) is 0 Å². The van der Waals surface area contributed by atoms with Crippen LogP contribution in [0.4, 0.5) is 5.82 Å². The second-order valence-corrected chi connectivity index (χ2v) is 3.46. The monoisotopic (exact) mass is 219 g/mol. The van der Waals surface area contributed by atoms with Crippen molar-refractivity contribution < 1.29 is 0 Å². The van der Waals surface area contributed by atoms with Crippen LogP contribution in [0.25, 0.3) is 11.4 Å². The van der Waals surface area contributed by atoms with Crippen molar-refractivity contribution in [1.82, 2.24) is 9.97 Å². The van der Waals surface area contributed by atoms with E-state index in [1.807, 2.05) is 37.4 Å². The fourth-order valence-corrected chi connectivity index (χ4v) is 1.45. The third-order valence-corrected chi connectivity index (χ3v) is 2.23. The lowest BCUT2D eigenvalue weighted by Gasteiger charge is -2.03. The average Bonchev–Trinajstić information content (AvgIpc) is 2.29. The van der Waals surface area contributed by atoms with Crippen LogP contribution in [0.3, 0.4) is 0 Å². The zero-order chi connectivity index (χ0) is 10.7. The molecule has 1 aromatic heterocycles. The van der Waals surface area contributed by atoms with Gasteiger partial charge in [0, 0.05) is 23.8 Å². The molecule has 0 fully saturated rings. The summed E-state index contributed by atoms with van der Waals surface area (Å²) in [5.74, 6) is 1.46. The van der Waals surface area contributed by atoms with E-state index in [1.165, 1.54) is 0 Å². The molecule has 0 saturated carbocycles. The van der Waals surface area contributed by atoms with Crippen molar-refractivity contribution in [3.8, 4) is 11.4 Å². The largest absolute Gasteiger partial charge is 0.373 e. The predicted octanol–water partition coefficient (Wildman–Crippen LogP) is 2.84. The van der Waals surface area contributed by atoms with Crippen molar-refractivity contribution >= 4 is 17.4 Å². The molecule has 0 aliphatic carbocycles. The minimum Gasteiger partial charge on any atom is -0.373 e. The fourth-order valence-electron chi connectivity index (χ4n) is 1.26.